The van der Waals surface area contributed by atoms with Crippen molar-refractivity contribution in [3.05, 3.63) is 19.0 Å². The van der Waals surface area contributed by atoms with E-state index >= 15 is 0 Å². The topological polar surface area (TPSA) is 102 Å². The van der Waals surface area contributed by atoms with E-state index in [1.54, 1.807) is 9.58 Å². The highest BCUT2D eigenvalue weighted by atomic mass is 16.2. The Labute approximate surface area is 128 Å². The van der Waals surface area contributed by atoms with Crippen molar-refractivity contribution in [1.82, 2.24) is 24.6 Å². The lowest BCUT2D eigenvalue weighted by molar-refractivity contribution is -0.126. The van der Waals surface area contributed by atoms with Crippen molar-refractivity contribution in [2.45, 2.75) is 18.9 Å². The minimum Gasteiger partial charge on any atom is -0.383 e. The molecule has 0 saturated carbocycles. The van der Waals surface area contributed by atoms with E-state index in [-0.39, 0.29) is 11.9 Å². The zero-order chi connectivity index (χ0) is 15.7. The van der Waals surface area contributed by atoms with Gasteiger partial charge in [-0.05, 0) is 18.9 Å². The maximum Gasteiger partial charge on any atom is 0.245 e. The third kappa shape index (κ3) is 2.47. The summed E-state index contributed by atoms with van der Waals surface area (Å²) in [6, 6.07) is 0.242. The van der Waals surface area contributed by atoms with Crippen LogP contribution in [-0.2, 0) is 11.8 Å². The Morgan fingerprint density at radius 3 is 2.86 bits per heavy atom. The number of carbonyl (C=O) groups is 1. The van der Waals surface area contributed by atoms with E-state index in [0.29, 0.717) is 30.4 Å². The number of nitrogens with two attached hydrogens (primary N) is 1. The lowest BCUT2D eigenvalue weighted by Gasteiger charge is -2.31. The van der Waals surface area contributed by atoms with Gasteiger partial charge in [0.15, 0.2) is 11.5 Å². The van der Waals surface area contributed by atoms with Crippen molar-refractivity contribution in [1.29, 1.82) is 0 Å². The molecule has 1 aliphatic heterocycles. The van der Waals surface area contributed by atoms with Crippen molar-refractivity contribution in [3.63, 3.8) is 0 Å². The average molecular weight is 301 g/mol. The number of nitrogen functional groups attached to an aromatic ring is 1. The Balaban J connectivity index is 1.75. The predicted molar refractivity (Wildman–Crippen MR) is 84.1 cm³/mol. The number of aromatic nitrogens is 4. The number of nitrogens with zero attached hydrogens (tertiary/aromatic N) is 5. The van der Waals surface area contributed by atoms with Crippen LogP contribution in [0.1, 0.15) is 12.8 Å². The van der Waals surface area contributed by atoms with Crippen LogP contribution in [0, 0.1) is 0 Å². The standard InChI is InChI=1S/C14H19N7O/c1-3-10(22)21-6-4-9(5-7-21)18-13-11-12(15)16-8-17-14(11)20(2)19-13/h3,8-9H,1,4-7H2,2H3,(H,18,19)(H2,15,16,17). The predicted octanol–water partition coefficient (Wildman–Crippen LogP) is 0.534. The summed E-state index contributed by atoms with van der Waals surface area (Å²) in [4.78, 5) is 21.6. The number of rotatable bonds is 3. The molecule has 0 unspecified atom stereocenters. The third-order valence-corrected chi connectivity index (χ3v) is 3.97. The number of nitrogens with one attached hydrogen (secondary N) is 1. The Bertz CT molecular complexity index is 715. The SMILES string of the molecule is C=CC(=O)N1CCC(Nc2nn(C)c3ncnc(N)c23)CC1. The minimum absolute atomic E-state index is 0.0145. The molecular formula is C14H19N7O. The number of fused-ring (bicyclic) bond motifs is 1. The van der Waals surface area contributed by atoms with Gasteiger partial charge in [0.1, 0.15) is 17.5 Å². The van der Waals surface area contributed by atoms with Crippen LogP contribution in [0.3, 0.4) is 0 Å². The van der Waals surface area contributed by atoms with Gasteiger partial charge in [0.05, 0.1) is 0 Å². The molecule has 0 atom stereocenters. The summed E-state index contributed by atoms with van der Waals surface area (Å²) in [6.07, 6.45) is 4.50. The summed E-state index contributed by atoms with van der Waals surface area (Å²) in [7, 11) is 1.82. The highest BCUT2D eigenvalue weighted by Crippen LogP contribution is 2.26. The normalized spacial score (nSPS) is 16.0. The maximum absolute atomic E-state index is 11.6. The first-order valence-electron chi connectivity index (χ1n) is 7.21. The van der Waals surface area contributed by atoms with E-state index < -0.39 is 0 Å². The van der Waals surface area contributed by atoms with Crippen molar-refractivity contribution in [2.24, 2.45) is 7.05 Å². The van der Waals surface area contributed by atoms with Crippen molar-refractivity contribution in [2.75, 3.05) is 24.1 Å². The fourth-order valence-corrected chi connectivity index (χ4v) is 2.78. The van der Waals surface area contributed by atoms with Gasteiger partial charge >= 0.3 is 0 Å². The summed E-state index contributed by atoms with van der Waals surface area (Å²) < 4.78 is 1.69. The van der Waals surface area contributed by atoms with Gasteiger partial charge in [0.2, 0.25) is 5.91 Å². The fourth-order valence-electron chi connectivity index (χ4n) is 2.78. The summed E-state index contributed by atoms with van der Waals surface area (Å²) in [5, 5.41) is 8.59. The van der Waals surface area contributed by atoms with Crippen LogP contribution >= 0.6 is 0 Å². The molecule has 2 aromatic heterocycles. The van der Waals surface area contributed by atoms with Gasteiger partial charge < -0.3 is 16.0 Å². The number of piperidine rings is 1. The summed E-state index contributed by atoms with van der Waals surface area (Å²) in [5.41, 5.74) is 6.65. The summed E-state index contributed by atoms with van der Waals surface area (Å²) in [5.74, 6) is 1.10. The van der Waals surface area contributed by atoms with E-state index in [4.69, 9.17) is 5.73 Å². The average Bonchev–Trinajstić information content (AvgIpc) is 2.85. The molecule has 1 aliphatic rings. The number of hydrogen-bond donors (Lipinski definition) is 2. The Morgan fingerprint density at radius 2 is 2.18 bits per heavy atom. The lowest BCUT2D eigenvalue weighted by atomic mass is 10.0. The number of carbonyl (C=O) groups excluding carboxylic acids is 1. The largest absolute Gasteiger partial charge is 0.383 e. The highest BCUT2D eigenvalue weighted by Gasteiger charge is 2.23. The second-order valence-corrected chi connectivity index (χ2v) is 5.38. The van der Waals surface area contributed by atoms with Gasteiger partial charge in [0.25, 0.3) is 0 Å². The van der Waals surface area contributed by atoms with Crippen LogP contribution in [-0.4, -0.2) is 49.7 Å². The molecule has 8 heteroatoms. The first-order valence-corrected chi connectivity index (χ1v) is 7.21. The van der Waals surface area contributed by atoms with Gasteiger partial charge in [-0.25, -0.2) is 14.6 Å². The smallest absolute Gasteiger partial charge is 0.245 e. The minimum atomic E-state index is -0.0145. The van der Waals surface area contributed by atoms with Crippen LogP contribution in [0.2, 0.25) is 0 Å². The number of hydrogen-bond acceptors (Lipinski definition) is 6. The van der Waals surface area contributed by atoms with Crippen LogP contribution in [0.5, 0.6) is 0 Å². The quantitative estimate of drug-likeness (QED) is 0.802. The lowest BCUT2D eigenvalue weighted by Crippen LogP contribution is -2.41. The molecule has 22 heavy (non-hydrogen) atoms. The number of anilines is 2. The molecule has 0 radical (unpaired) electrons. The molecule has 0 aliphatic carbocycles. The van der Waals surface area contributed by atoms with E-state index in [0.717, 1.165) is 18.2 Å². The second kappa shape index (κ2) is 5.63. The molecule has 0 aromatic carbocycles. The molecule has 116 valence electrons. The molecule has 1 saturated heterocycles. The van der Waals surface area contributed by atoms with Crippen molar-refractivity contribution in [3.8, 4) is 0 Å². The van der Waals surface area contributed by atoms with Crippen LogP contribution in [0.15, 0.2) is 19.0 Å². The van der Waals surface area contributed by atoms with E-state index in [2.05, 4.69) is 27.0 Å². The van der Waals surface area contributed by atoms with Crippen LogP contribution < -0.4 is 11.1 Å². The molecule has 0 bridgehead atoms. The maximum atomic E-state index is 11.6. The van der Waals surface area contributed by atoms with E-state index in [1.165, 1.54) is 12.4 Å². The molecule has 3 rings (SSSR count). The molecule has 1 amide bonds. The Hall–Kier alpha value is -2.64. The second-order valence-electron chi connectivity index (χ2n) is 5.38. The number of likely N-dealkylation sites (tertiary alicyclic amines) is 1. The first-order chi connectivity index (χ1) is 10.6. The van der Waals surface area contributed by atoms with Gasteiger partial charge in [-0.1, -0.05) is 6.58 Å². The fraction of sp³-hybridized carbons (Fsp3) is 0.429. The molecular weight excluding hydrogens is 282 g/mol. The molecule has 0 spiro atoms. The monoisotopic (exact) mass is 301 g/mol. The highest BCUT2D eigenvalue weighted by molar-refractivity contribution is 5.95. The molecule has 3 N–H and O–H groups in total. The van der Waals surface area contributed by atoms with Crippen molar-refractivity contribution >= 4 is 28.6 Å². The first kappa shape index (κ1) is 14.3. The van der Waals surface area contributed by atoms with Crippen molar-refractivity contribution < 1.29 is 4.79 Å². The van der Waals surface area contributed by atoms with Crippen LogP contribution in [0.25, 0.3) is 11.0 Å². The summed E-state index contributed by atoms with van der Waals surface area (Å²) in [6.45, 7) is 4.94. The molecule has 2 aromatic rings. The molecule has 8 nitrogen and oxygen atoms in total. The molecule has 3 heterocycles. The number of amides is 1. The van der Waals surface area contributed by atoms with Crippen LogP contribution in [0.4, 0.5) is 11.6 Å². The Morgan fingerprint density at radius 1 is 1.45 bits per heavy atom. The van der Waals surface area contributed by atoms with Gasteiger partial charge in [-0.15, -0.1) is 0 Å². The Kier molecular flexibility index (Phi) is 3.66. The van der Waals surface area contributed by atoms with E-state index in [1.807, 2.05) is 7.05 Å². The van der Waals surface area contributed by atoms with Gasteiger partial charge in [-0.3, -0.25) is 4.79 Å². The zero-order valence-electron chi connectivity index (χ0n) is 12.5. The van der Waals surface area contributed by atoms with E-state index in [9.17, 15) is 4.79 Å². The third-order valence-electron chi connectivity index (χ3n) is 3.97. The number of aryl methyl sites for hydroxylation is 1. The molecule has 1 fully saturated rings. The van der Waals surface area contributed by atoms with Gasteiger partial charge in [-0.2, -0.15) is 5.10 Å². The zero-order valence-corrected chi connectivity index (χ0v) is 12.5. The summed E-state index contributed by atoms with van der Waals surface area (Å²) >= 11 is 0. The van der Waals surface area contributed by atoms with Gasteiger partial charge in [0, 0.05) is 26.2 Å².